The molecule has 1 unspecified atom stereocenters. The third-order valence-corrected chi connectivity index (χ3v) is 4.58. The van der Waals surface area contributed by atoms with Crippen LogP contribution in [0.1, 0.15) is 30.5 Å². The molecule has 0 bridgehead atoms. The zero-order valence-electron chi connectivity index (χ0n) is 14.0. The Balaban J connectivity index is 2.12. The number of benzene rings is 2. The van der Waals surface area contributed by atoms with E-state index in [0.717, 1.165) is 18.2 Å². The lowest BCUT2D eigenvalue weighted by Crippen LogP contribution is -2.29. The molecule has 0 radical (unpaired) electrons. The molecule has 4 nitrogen and oxygen atoms in total. The van der Waals surface area contributed by atoms with Gasteiger partial charge in [-0.3, -0.25) is 9.00 Å². The smallest absolute Gasteiger partial charge is 0.210 e. The predicted molar refractivity (Wildman–Crippen MR) is 92.4 cm³/mol. The van der Waals surface area contributed by atoms with Gasteiger partial charge in [0.1, 0.15) is 17.4 Å². The van der Waals surface area contributed by atoms with Gasteiger partial charge in [0.25, 0.3) is 0 Å². The van der Waals surface area contributed by atoms with Crippen LogP contribution in [-0.2, 0) is 26.4 Å². The fourth-order valence-corrected chi connectivity index (χ4v) is 3.27. The second-order valence-electron chi connectivity index (χ2n) is 6.45. The maximum Gasteiger partial charge on any atom is 0.210 e. The zero-order chi connectivity index (χ0) is 19.1. The lowest BCUT2D eigenvalue weighted by molar-refractivity contribution is -0.125. The van der Waals surface area contributed by atoms with Gasteiger partial charge >= 0.3 is 0 Å². The van der Waals surface area contributed by atoms with E-state index < -0.39 is 28.3 Å². The van der Waals surface area contributed by atoms with Crippen LogP contribution in [-0.4, -0.2) is 20.1 Å². The van der Waals surface area contributed by atoms with Crippen LogP contribution >= 0.6 is 0 Å². The summed E-state index contributed by atoms with van der Waals surface area (Å²) in [7, 11) is 0. The molecule has 0 fully saturated rings. The van der Waals surface area contributed by atoms with Gasteiger partial charge in [-0.1, -0.05) is 35.3 Å². The van der Waals surface area contributed by atoms with Crippen molar-refractivity contribution in [2.45, 2.75) is 25.2 Å². The zero-order valence-corrected chi connectivity index (χ0v) is 14.9. The highest BCUT2D eigenvalue weighted by atomic mass is 32.2. The average Bonchev–Trinajstić information content (AvgIpc) is 2.77. The fourth-order valence-electron chi connectivity index (χ4n) is 2.81. The van der Waals surface area contributed by atoms with Gasteiger partial charge in [-0.2, -0.15) is 0 Å². The second-order valence-corrected chi connectivity index (χ2v) is 7.34. The van der Waals surface area contributed by atoms with E-state index in [1.807, 2.05) is 0 Å². The van der Waals surface area contributed by atoms with Crippen molar-refractivity contribution in [3.8, 4) is 0 Å². The number of Topliss-reactive ketones (excluding diaryl/α,β-unsaturated/α-hetero) is 1. The number of hydrogen-bond donors (Lipinski definition) is 0. The Morgan fingerprint density at radius 2 is 1.62 bits per heavy atom. The van der Waals surface area contributed by atoms with Crippen molar-refractivity contribution < 1.29 is 27.1 Å². The van der Waals surface area contributed by atoms with Crippen molar-refractivity contribution in [2.75, 3.05) is 0 Å². The molecule has 0 N–H and O–H groups in total. The second kappa shape index (κ2) is 6.74. The van der Waals surface area contributed by atoms with E-state index in [9.17, 15) is 22.3 Å². The van der Waals surface area contributed by atoms with Gasteiger partial charge in [-0.25, -0.2) is 8.78 Å². The monoisotopic (exact) mass is 377 g/mol. The minimum atomic E-state index is -2.22. The Hall–Kier alpha value is -2.38. The van der Waals surface area contributed by atoms with E-state index in [0.29, 0.717) is 11.1 Å². The Bertz CT molecular complexity index is 913. The summed E-state index contributed by atoms with van der Waals surface area (Å²) in [5.41, 5.74) is 0.0999. The predicted octanol–water partition coefficient (Wildman–Crippen LogP) is 3.59. The van der Waals surface area contributed by atoms with Crippen LogP contribution in [0.4, 0.5) is 8.78 Å². The van der Waals surface area contributed by atoms with Crippen LogP contribution in [0, 0.1) is 11.6 Å². The molecule has 0 amide bonds. The van der Waals surface area contributed by atoms with Crippen molar-refractivity contribution in [2.24, 2.45) is 0 Å². The summed E-state index contributed by atoms with van der Waals surface area (Å²) in [6.07, 6.45) is 0. The van der Waals surface area contributed by atoms with Gasteiger partial charge in [0.05, 0.1) is 5.57 Å². The summed E-state index contributed by atoms with van der Waals surface area (Å²) < 4.78 is 54.6. The van der Waals surface area contributed by atoms with E-state index in [2.05, 4.69) is 0 Å². The first kappa shape index (κ1) is 18.4. The number of ketones is 1. The molecule has 0 aliphatic carbocycles. The first-order chi connectivity index (χ1) is 12.2. The Morgan fingerprint density at radius 1 is 1.04 bits per heavy atom. The van der Waals surface area contributed by atoms with Crippen molar-refractivity contribution in [3.63, 3.8) is 0 Å². The molecular formula is C19H15F2O4S-. The quantitative estimate of drug-likeness (QED) is 0.764. The highest BCUT2D eigenvalue weighted by molar-refractivity contribution is 7.78. The van der Waals surface area contributed by atoms with Crippen molar-refractivity contribution in [3.05, 3.63) is 70.8 Å². The lowest BCUT2D eigenvalue weighted by atomic mass is 9.92. The molecule has 7 heteroatoms. The standard InChI is InChI=1S/C19H16F2O4S/c1-19(2)18(22)16(13-7-14(20)9-15(21)8-13)17(25-19)12-5-3-11(4-6-12)10-26(23)24/h3-9H,10H2,1-2H3,(H,23,24)/p-1. The number of hydrogen-bond acceptors (Lipinski definition) is 4. The molecule has 0 spiro atoms. The van der Waals surface area contributed by atoms with Crippen molar-refractivity contribution in [1.82, 2.24) is 0 Å². The molecule has 1 heterocycles. The number of carbonyl (C=O) groups is 1. The molecule has 1 aliphatic heterocycles. The van der Waals surface area contributed by atoms with Gasteiger partial charge in [0.2, 0.25) is 5.78 Å². The Morgan fingerprint density at radius 3 is 2.15 bits per heavy atom. The first-order valence-corrected chi connectivity index (χ1v) is 9.01. The maximum absolute atomic E-state index is 13.6. The van der Waals surface area contributed by atoms with Crippen LogP contribution in [0.25, 0.3) is 11.3 Å². The van der Waals surface area contributed by atoms with Gasteiger partial charge in [-0.15, -0.1) is 0 Å². The molecule has 1 aliphatic rings. The third-order valence-electron chi connectivity index (χ3n) is 4.01. The van der Waals surface area contributed by atoms with Gasteiger partial charge in [0.15, 0.2) is 5.60 Å². The summed E-state index contributed by atoms with van der Waals surface area (Å²) in [5.74, 6) is -1.90. The van der Waals surface area contributed by atoms with Crippen molar-refractivity contribution >= 4 is 28.2 Å². The van der Waals surface area contributed by atoms with Gasteiger partial charge < -0.3 is 9.29 Å². The van der Waals surface area contributed by atoms with Crippen molar-refractivity contribution in [1.29, 1.82) is 0 Å². The van der Waals surface area contributed by atoms with Crippen LogP contribution in [0.2, 0.25) is 0 Å². The maximum atomic E-state index is 13.6. The van der Waals surface area contributed by atoms with Crippen LogP contribution < -0.4 is 0 Å². The highest BCUT2D eigenvalue weighted by Gasteiger charge is 2.43. The summed E-state index contributed by atoms with van der Waals surface area (Å²) >= 11 is -2.22. The summed E-state index contributed by atoms with van der Waals surface area (Å²) in [5, 5.41) is 0. The SMILES string of the molecule is CC1(C)OC(c2ccc(CS(=O)[O-])cc2)=C(c2cc(F)cc(F)c2)C1=O. The number of rotatable bonds is 4. The largest absolute Gasteiger partial charge is 0.772 e. The summed E-state index contributed by atoms with van der Waals surface area (Å²) in [6.45, 7) is 3.15. The molecular weight excluding hydrogens is 362 g/mol. The molecule has 1 atom stereocenters. The van der Waals surface area contributed by atoms with Gasteiger partial charge in [-0.05, 0) is 37.1 Å². The van der Waals surface area contributed by atoms with E-state index in [1.165, 1.54) is 0 Å². The Labute approximate surface area is 151 Å². The van der Waals surface area contributed by atoms with E-state index in [-0.39, 0.29) is 28.4 Å². The van der Waals surface area contributed by atoms with E-state index in [1.54, 1.807) is 38.1 Å². The minimum Gasteiger partial charge on any atom is -0.772 e. The van der Waals surface area contributed by atoms with E-state index >= 15 is 0 Å². The fraction of sp³-hybridized carbons (Fsp3) is 0.211. The van der Waals surface area contributed by atoms with Crippen LogP contribution in [0.15, 0.2) is 42.5 Å². The molecule has 0 aromatic heterocycles. The van der Waals surface area contributed by atoms with Crippen LogP contribution in [0.5, 0.6) is 0 Å². The van der Waals surface area contributed by atoms with Gasteiger partial charge in [0, 0.05) is 17.4 Å². The number of halogens is 2. The minimum absolute atomic E-state index is 0.0913. The molecule has 0 saturated carbocycles. The molecule has 3 rings (SSSR count). The van der Waals surface area contributed by atoms with Crippen LogP contribution in [0.3, 0.4) is 0 Å². The third kappa shape index (κ3) is 3.59. The topological polar surface area (TPSA) is 66.4 Å². The molecule has 26 heavy (non-hydrogen) atoms. The normalized spacial score (nSPS) is 17.3. The summed E-state index contributed by atoms with van der Waals surface area (Å²) in [6, 6.07) is 9.31. The first-order valence-electron chi connectivity index (χ1n) is 7.77. The molecule has 136 valence electrons. The highest BCUT2D eigenvalue weighted by Crippen LogP contribution is 2.41. The Kier molecular flexibility index (Phi) is 4.77. The molecule has 2 aromatic rings. The lowest BCUT2D eigenvalue weighted by Gasteiger charge is -2.18. The average molecular weight is 377 g/mol. The summed E-state index contributed by atoms with van der Waals surface area (Å²) in [4.78, 5) is 12.7. The number of ether oxygens (including phenoxy) is 1. The number of carbonyl (C=O) groups excluding carboxylic acids is 1. The van der Waals surface area contributed by atoms with E-state index in [4.69, 9.17) is 4.74 Å². The molecule has 0 saturated heterocycles. The molecule has 2 aromatic carbocycles.